The molecule has 0 bridgehead atoms. The van der Waals surface area contributed by atoms with Gasteiger partial charge in [0.2, 0.25) is 0 Å². The number of amides is 1. The van der Waals surface area contributed by atoms with Gasteiger partial charge in [-0.05, 0) is 31.0 Å². The molecule has 2 atom stereocenters. The van der Waals surface area contributed by atoms with Gasteiger partial charge in [-0.1, -0.05) is 0 Å². The Morgan fingerprint density at radius 2 is 2.18 bits per heavy atom. The van der Waals surface area contributed by atoms with Crippen LogP contribution in [0.3, 0.4) is 0 Å². The van der Waals surface area contributed by atoms with Gasteiger partial charge in [0.05, 0.1) is 18.0 Å². The molecule has 0 spiro atoms. The summed E-state index contributed by atoms with van der Waals surface area (Å²) in [6.45, 7) is 0.997. The number of aliphatic carboxylic acids is 1. The highest BCUT2D eigenvalue weighted by Gasteiger charge is 2.31. The van der Waals surface area contributed by atoms with Crippen molar-refractivity contribution in [3.8, 4) is 0 Å². The van der Waals surface area contributed by atoms with Gasteiger partial charge in [-0.3, -0.25) is 4.79 Å². The van der Waals surface area contributed by atoms with E-state index in [9.17, 15) is 14.7 Å². The van der Waals surface area contributed by atoms with Crippen molar-refractivity contribution >= 4 is 34.6 Å². The number of fused-ring (bicyclic) bond motifs is 1. The molecule has 22 heavy (non-hydrogen) atoms. The van der Waals surface area contributed by atoms with Crippen molar-refractivity contribution in [3.63, 3.8) is 0 Å². The highest BCUT2D eigenvalue weighted by atomic mass is 32.1. The Kier molecular flexibility index (Phi) is 4.30. The zero-order valence-electron chi connectivity index (χ0n) is 11.7. The first-order chi connectivity index (χ1) is 10.6. The van der Waals surface area contributed by atoms with Crippen LogP contribution in [-0.4, -0.2) is 36.2 Å². The maximum absolute atomic E-state index is 12.3. The monoisotopic (exact) mass is 321 g/mol. The predicted molar refractivity (Wildman–Crippen MR) is 80.4 cm³/mol. The SMILES string of the molecule is O=C(N[C@H](C(=O)O)[C@H]1CCCOC1)c1ccc2c(c1)N=S=N2. The topological polar surface area (TPSA) is 100 Å². The number of carboxylic acid groups (broad SMARTS) is 1. The van der Waals surface area contributed by atoms with E-state index in [2.05, 4.69) is 14.0 Å². The summed E-state index contributed by atoms with van der Waals surface area (Å²) in [5.41, 5.74) is 1.73. The number of ether oxygens (including phenoxy) is 1. The van der Waals surface area contributed by atoms with Crippen LogP contribution in [0.1, 0.15) is 23.2 Å². The lowest BCUT2D eigenvalue weighted by atomic mass is 9.93. The van der Waals surface area contributed by atoms with Gasteiger partial charge >= 0.3 is 5.97 Å². The Morgan fingerprint density at radius 3 is 2.91 bits per heavy atom. The van der Waals surface area contributed by atoms with E-state index in [1.807, 2.05) is 0 Å². The maximum atomic E-state index is 12.3. The Hall–Kier alpha value is -2.06. The molecule has 0 saturated carbocycles. The molecule has 1 saturated heterocycles. The minimum Gasteiger partial charge on any atom is -0.480 e. The van der Waals surface area contributed by atoms with Crippen LogP contribution in [-0.2, 0) is 20.9 Å². The summed E-state index contributed by atoms with van der Waals surface area (Å²) in [6, 6.07) is 3.99. The molecule has 116 valence electrons. The molecule has 1 amide bonds. The van der Waals surface area contributed by atoms with Crippen LogP contribution in [0.2, 0.25) is 0 Å². The molecule has 1 aromatic carbocycles. The summed E-state index contributed by atoms with van der Waals surface area (Å²) in [6.07, 6.45) is 1.53. The van der Waals surface area contributed by atoms with Crippen molar-refractivity contribution in [3.05, 3.63) is 23.8 Å². The molecule has 2 heterocycles. The summed E-state index contributed by atoms with van der Waals surface area (Å²) in [7, 11) is 0. The standard InChI is InChI=1S/C14H15N3O4S/c18-13(8-3-4-10-11(6-8)17-22-16-10)15-12(14(19)20)9-2-1-5-21-7-9/h3-4,6,9,12H,1-2,5,7H2,(H,15,18)(H,19,20)/t9-,12-/m0/s1. The second-order valence-electron chi connectivity index (χ2n) is 5.23. The lowest BCUT2D eigenvalue weighted by Gasteiger charge is -2.28. The smallest absolute Gasteiger partial charge is 0.326 e. The van der Waals surface area contributed by atoms with Gasteiger partial charge in [-0.25, -0.2) is 4.79 Å². The van der Waals surface area contributed by atoms with Crippen LogP contribution in [0.25, 0.3) is 0 Å². The number of carbonyl (C=O) groups excluding carboxylic acids is 1. The molecule has 7 nitrogen and oxygen atoms in total. The summed E-state index contributed by atoms with van der Waals surface area (Å²) >= 11 is 1.07. The van der Waals surface area contributed by atoms with Gasteiger partial charge < -0.3 is 15.2 Å². The molecular weight excluding hydrogens is 306 g/mol. The minimum atomic E-state index is -1.04. The van der Waals surface area contributed by atoms with E-state index in [1.54, 1.807) is 18.2 Å². The Bertz CT molecular complexity index is 679. The lowest BCUT2D eigenvalue weighted by Crippen LogP contribution is -2.48. The Morgan fingerprint density at radius 1 is 1.36 bits per heavy atom. The fourth-order valence-electron chi connectivity index (χ4n) is 2.56. The average Bonchev–Trinajstić information content (AvgIpc) is 3.00. The van der Waals surface area contributed by atoms with Crippen LogP contribution < -0.4 is 5.32 Å². The van der Waals surface area contributed by atoms with Crippen molar-refractivity contribution in [2.75, 3.05) is 13.2 Å². The second kappa shape index (κ2) is 6.37. The van der Waals surface area contributed by atoms with Gasteiger partial charge in [0.15, 0.2) is 0 Å². The van der Waals surface area contributed by atoms with Crippen molar-refractivity contribution in [1.29, 1.82) is 0 Å². The zero-order valence-corrected chi connectivity index (χ0v) is 12.5. The van der Waals surface area contributed by atoms with Crippen molar-refractivity contribution < 1.29 is 19.4 Å². The number of carboxylic acids is 1. The minimum absolute atomic E-state index is 0.208. The molecule has 1 fully saturated rings. The van der Waals surface area contributed by atoms with Gasteiger partial charge in [-0.15, -0.1) is 0 Å². The van der Waals surface area contributed by atoms with E-state index in [0.717, 1.165) is 29.9 Å². The largest absolute Gasteiger partial charge is 0.480 e. The number of hydrogen-bond acceptors (Lipinski definition) is 5. The van der Waals surface area contributed by atoms with E-state index >= 15 is 0 Å². The molecule has 3 rings (SSSR count). The van der Waals surface area contributed by atoms with Gasteiger partial charge in [0, 0.05) is 18.1 Å². The molecule has 0 aliphatic carbocycles. The van der Waals surface area contributed by atoms with E-state index in [0.29, 0.717) is 24.5 Å². The number of benzene rings is 1. The fourth-order valence-corrected chi connectivity index (χ4v) is 3.08. The highest BCUT2D eigenvalue weighted by molar-refractivity contribution is 7.58. The third kappa shape index (κ3) is 3.07. The quantitative estimate of drug-likeness (QED) is 0.899. The number of hydrogen-bond donors (Lipinski definition) is 2. The third-order valence-corrected chi connectivity index (χ3v) is 4.29. The molecule has 8 heteroatoms. The summed E-state index contributed by atoms with van der Waals surface area (Å²) in [4.78, 5) is 23.8. The van der Waals surface area contributed by atoms with E-state index in [4.69, 9.17) is 4.74 Å². The fraction of sp³-hybridized carbons (Fsp3) is 0.429. The van der Waals surface area contributed by atoms with Gasteiger partial charge in [0.1, 0.15) is 17.4 Å². The molecule has 1 aromatic rings. The van der Waals surface area contributed by atoms with Crippen LogP contribution in [0.5, 0.6) is 0 Å². The van der Waals surface area contributed by atoms with Crippen LogP contribution in [0, 0.1) is 5.92 Å². The first kappa shape index (κ1) is 14.9. The van der Waals surface area contributed by atoms with E-state index in [1.165, 1.54) is 0 Å². The lowest BCUT2D eigenvalue weighted by molar-refractivity contribution is -0.142. The molecule has 0 radical (unpaired) electrons. The maximum Gasteiger partial charge on any atom is 0.326 e. The number of nitrogens with zero attached hydrogens (tertiary/aromatic N) is 2. The molecule has 0 aromatic heterocycles. The molecule has 2 aliphatic rings. The van der Waals surface area contributed by atoms with E-state index in [-0.39, 0.29) is 5.92 Å². The third-order valence-electron chi connectivity index (χ3n) is 3.74. The number of nitrogens with one attached hydrogen (secondary N) is 1. The van der Waals surface area contributed by atoms with Crippen molar-refractivity contribution in [1.82, 2.24) is 5.32 Å². The van der Waals surface area contributed by atoms with Gasteiger partial charge in [-0.2, -0.15) is 8.73 Å². The van der Waals surface area contributed by atoms with Crippen LogP contribution >= 0.6 is 0 Å². The van der Waals surface area contributed by atoms with Crippen molar-refractivity contribution in [2.24, 2.45) is 14.6 Å². The van der Waals surface area contributed by atoms with Crippen LogP contribution in [0.15, 0.2) is 26.9 Å². The average molecular weight is 321 g/mol. The second-order valence-corrected chi connectivity index (χ2v) is 5.76. The first-order valence-electron chi connectivity index (χ1n) is 6.99. The Balaban J connectivity index is 1.73. The summed E-state index contributed by atoms with van der Waals surface area (Å²) in [5, 5.41) is 12.0. The summed E-state index contributed by atoms with van der Waals surface area (Å²) < 4.78 is 13.5. The normalized spacial score (nSPS) is 20.8. The first-order valence-corrected chi connectivity index (χ1v) is 7.72. The predicted octanol–water partition coefficient (Wildman–Crippen LogP) is 2.02. The summed E-state index contributed by atoms with van der Waals surface area (Å²) in [5.74, 6) is -1.67. The van der Waals surface area contributed by atoms with Crippen LogP contribution in [0.4, 0.5) is 11.4 Å². The molecule has 0 unspecified atom stereocenters. The highest BCUT2D eigenvalue weighted by Crippen LogP contribution is 2.32. The zero-order chi connectivity index (χ0) is 15.5. The van der Waals surface area contributed by atoms with E-state index < -0.39 is 17.9 Å². The van der Waals surface area contributed by atoms with Gasteiger partial charge in [0.25, 0.3) is 5.91 Å². The number of carbonyl (C=O) groups is 2. The molecule has 2 aliphatic heterocycles. The number of rotatable bonds is 4. The Labute approximate surface area is 130 Å². The molecule has 2 N–H and O–H groups in total. The molecular formula is C14H15N3O4S. The van der Waals surface area contributed by atoms with Crippen molar-refractivity contribution in [2.45, 2.75) is 18.9 Å².